The third kappa shape index (κ3) is 11.5. The SMILES string of the molecule is NC(Cc1cnc[nH]1)C(=O)NC(Cc1c[nH]c2c(C(F)(F)F)cccc12)C(=O)O.O=C(O)C(F)(F)F.O=C(O)C(F)(F)F. The summed E-state index contributed by atoms with van der Waals surface area (Å²) in [4.78, 5) is 50.8. The van der Waals surface area contributed by atoms with E-state index >= 15 is 0 Å². The molecule has 21 heteroatoms. The van der Waals surface area contributed by atoms with Gasteiger partial charge in [-0.3, -0.25) is 4.79 Å². The number of nitrogens with one attached hydrogen (secondary N) is 3. The van der Waals surface area contributed by atoms with Crippen molar-refractivity contribution in [3.05, 3.63) is 53.7 Å². The van der Waals surface area contributed by atoms with Crippen molar-refractivity contribution in [2.75, 3.05) is 0 Å². The third-order valence-corrected chi connectivity index (χ3v) is 4.96. The standard InChI is InChI=1S/C18H18F3N5O3.2C2HF3O2/c19-18(20,21)12-3-1-2-11-9(6-24-15(11)12)4-14(17(28)29)26-16(27)13(22)5-10-7-23-8-25-10;2*3-2(4,5)1(6)7/h1-3,6-8,13-14,24H,4-5,22H2,(H,23,25)(H,26,27)(H,28,29);2*(H,6,7). The van der Waals surface area contributed by atoms with E-state index in [1.807, 2.05) is 0 Å². The predicted molar refractivity (Wildman–Crippen MR) is 124 cm³/mol. The molecule has 43 heavy (non-hydrogen) atoms. The number of imidazole rings is 1. The summed E-state index contributed by atoms with van der Waals surface area (Å²) in [5.41, 5.74) is 5.76. The Balaban J connectivity index is 0.000000548. The summed E-state index contributed by atoms with van der Waals surface area (Å²) in [6.07, 6.45) is -10.6. The molecular formula is C22H20F9N5O7. The number of aromatic nitrogens is 3. The normalized spacial score (nSPS) is 13.1. The number of nitrogens with zero attached hydrogens (tertiary/aromatic N) is 1. The number of fused-ring (bicyclic) bond motifs is 1. The number of aromatic amines is 2. The Morgan fingerprint density at radius 3 is 1.84 bits per heavy atom. The van der Waals surface area contributed by atoms with Crippen molar-refractivity contribution in [1.29, 1.82) is 0 Å². The van der Waals surface area contributed by atoms with Crippen LogP contribution in [-0.2, 0) is 38.2 Å². The first-order valence-electron chi connectivity index (χ1n) is 11.1. The van der Waals surface area contributed by atoms with Gasteiger partial charge in [-0.2, -0.15) is 39.5 Å². The fourth-order valence-electron chi connectivity index (χ4n) is 3.04. The van der Waals surface area contributed by atoms with Gasteiger partial charge in [-0.25, -0.2) is 19.4 Å². The molecule has 2 aromatic heterocycles. The van der Waals surface area contributed by atoms with Gasteiger partial charge in [0.2, 0.25) is 5.91 Å². The van der Waals surface area contributed by atoms with Crippen LogP contribution in [0.5, 0.6) is 0 Å². The molecule has 0 aliphatic carbocycles. The first kappa shape index (κ1) is 36.2. The lowest BCUT2D eigenvalue weighted by molar-refractivity contribution is -0.193. The van der Waals surface area contributed by atoms with Gasteiger partial charge >= 0.3 is 36.4 Å². The van der Waals surface area contributed by atoms with Crippen molar-refractivity contribution in [2.45, 2.75) is 43.5 Å². The average Bonchev–Trinajstić information content (AvgIpc) is 3.52. The third-order valence-electron chi connectivity index (χ3n) is 4.96. The zero-order valence-electron chi connectivity index (χ0n) is 20.9. The number of para-hydroxylation sites is 1. The van der Waals surface area contributed by atoms with Crippen LogP contribution in [0.3, 0.4) is 0 Å². The summed E-state index contributed by atoms with van der Waals surface area (Å²) < 4.78 is 103. The van der Waals surface area contributed by atoms with Gasteiger partial charge in [0.1, 0.15) is 6.04 Å². The van der Waals surface area contributed by atoms with Gasteiger partial charge in [0, 0.05) is 36.3 Å². The highest BCUT2D eigenvalue weighted by molar-refractivity contribution is 5.89. The molecule has 8 N–H and O–H groups in total. The molecule has 3 aromatic rings. The van der Waals surface area contributed by atoms with Crippen LogP contribution in [0.1, 0.15) is 16.8 Å². The van der Waals surface area contributed by atoms with Crippen LogP contribution < -0.4 is 11.1 Å². The second-order valence-electron chi connectivity index (χ2n) is 8.14. The Bertz CT molecular complexity index is 1380. The number of hydrogen-bond acceptors (Lipinski definition) is 6. The topological polar surface area (TPSA) is 211 Å². The molecule has 2 heterocycles. The molecule has 0 fully saturated rings. The highest BCUT2D eigenvalue weighted by atomic mass is 19.4. The number of carbonyl (C=O) groups is 4. The van der Waals surface area contributed by atoms with Gasteiger partial charge < -0.3 is 36.3 Å². The van der Waals surface area contributed by atoms with Crippen LogP contribution in [0.25, 0.3) is 10.9 Å². The second kappa shape index (κ2) is 14.4. The van der Waals surface area contributed by atoms with Gasteiger partial charge in [0.15, 0.2) is 0 Å². The first-order chi connectivity index (χ1) is 19.6. The largest absolute Gasteiger partial charge is 0.490 e. The van der Waals surface area contributed by atoms with Crippen molar-refractivity contribution in [3.8, 4) is 0 Å². The first-order valence-corrected chi connectivity index (χ1v) is 11.1. The number of benzene rings is 1. The Labute approximate surface area is 232 Å². The van der Waals surface area contributed by atoms with Gasteiger partial charge in [-0.1, -0.05) is 12.1 Å². The molecule has 238 valence electrons. The summed E-state index contributed by atoms with van der Waals surface area (Å²) in [7, 11) is 0. The molecule has 1 aromatic carbocycles. The molecule has 0 bridgehead atoms. The maximum absolute atomic E-state index is 13.1. The van der Waals surface area contributed by atoms with Crippen molar-refractivity contribution in [1.82, 2.24) is 20.3 Å². The van der Waals surface area contributed by atoms with Gasteiger partial charge in [0.25, 0.3) is 0 Å². The maximum atomic E-state index is 13.1. The highest BCUT2D eigenvalue weighted by Gasteiger charge is 2.39. The minimum atomic E-state index is -5.08. The lowest BCUT2D eigenvalue weighted by Crippen LogP contribution is -2.50. The van der Waals surface area contributed by atoms with E-state index in [9.17, 15) is 54.2 Å². The smallest absolute Gasteiger partial charge is 0.480 e. The van der Waals surface area contributed by atoms with E-state index in [1.54, 1.807) is 0 Å². The summed E-state index contributed by atoms with van der Waals surface area (Å²) in [5, 5.41) is 26.3. The van der Waals surface area contributed by atoms with E-state index in [-0.39, 0.29) is 23.7 Å². The molecule has 3 rings (SSSR count). The molecule has 0 aliphatic heterocycles. The number of alkyl halides is 9. The van der Waals surface area contributed by atoms with Crippen molar-refractivity contribution in [2.24, 2.45) is 5.73 Å². The fourth-order valence-corrected chi connectivity index (χ4v) is 3.04. The Hall–Kier alpha value is -4.82. The van der Waals surface area contributed by atoms with Gasteiger partial charge in [-0.15, -0.1) is 0 Å². The molecule has 0 saturated heterocycles. The van der Waals surface area contributed by atoms with E-state index < -0.39 is 60.0 Å². The number of halogens is 9. The number of carboxylic acids is 3. The van der Waals surface area contributed by atoms with Crippen LogP contribution in [0, 0.1) is 0 Å². The number of carbonyl (C=O) groups excluding carboxylic acids is 1. The summed E-state index contributed by atoms with van der Waals surface area (Å²) in [6, 6.07) is 1.27. The number of hydrogen-bond donors (Lipinski definition) is 7. The van der Waals surface area contributed by atoms with Crippen LogP contribution >= 0.6 is 0 Å². The van der Waals surface area contributed by atoms with Crippen molar-refractivity contribution >= 4 is 34.7 Å². The van der Waals surface area contributed by atoms with Crippen molar-refractivity contribution < 1.29 is 74.0 Å². The molecular weight excluding hydrogens is 617 g/mol. The minimum Gasteiger partial charge on any atom is -0.480 e. The van der Waals surface area contributed by atoms with Crippen LogP contribution in [0.15, 0.2) is 36.9 Å². The van der Waals surface area contributed by atoms with Crippen LogP contribution in [0.4, 0.5) is 39.5 Å². The number of carboxylic acid groups (broad SMARTS) is 3. The average molecular weight is 637 g/mol. The van der Waals surface area contributed by atoms with Crippen molar-refractivity contribution in [3.63, 3.8) is 0 Å². The van der Waals surface area contributed by atoms with Gasteiger partial charge in [-0.05, 0) is 11.6 Å². The molecule has 0 aliphatic rings. The summed E-state index contributed by atoms with van der Waals surface area (Å²) in [5.74, 6) is -7.53. The Morgan fingerprint density at radius 1 is 0.884 bits per heavy atom. The molecule has 2 atom stereocenters. The Kier molecular flexibility index (Phi) is 12.1. The Morgan fingerprint density at radius 2 is 1.42 bits per heavy atom. The maximum Gasteiger partial charge on any atom is 0.490 e. The number of amides is 1. The quantitative estimate of drug-likeness (QED) is 0.190. The van der Waals surface area contributed by atoms with E-state index in [2.05, 4.69) is 20.3 Å². The number of nitrogens with two attached hydrogens (primary N) is 1. The van der Waals surface area contributed by atoms with E-state index in [0.29, 0.717) is 11.3 Å². The lowest BCUT2D eigenvalue weighted by atomic mass is 10.0. The van der Waals surface area contributed by atoms with Crippen LogP contribution in [0.2, 0.25) is 0 Å². The zero-order chi connectivity index (χ0) is 33.3. The van der Waals surface area contributed by atoms with E-state index in [0.717, 1.165) is 6.07 Å². The zero-order valence-corrected chi connectivity index (χ0v) is 20.9. The molecule has 12 nitrogen and oxygen atoms in total. The molecule has 0 spiro atoms. The fraction of sp³-hybridized carbons (Fsp3) is 0.318. The summed E-state index contributed by atoms with van der Waals surface area (Å²) >= 11 is 0. The van der Waals surface area contributed by atoms with E-state index in [4.69, 9.17) is 25.5 Å². The molecule has 0 saturated carbocycles. The van der Waals surface area contributed by atoms with E-state index in [1.165, 1.54) is 30.9 Å². The number of rotatable bonds is 7. The second-order valence-corrected chi connectivity index (χ2v) is 8.14. The highest BCUT2D eigenvalue weighted by Crippen LogP contribution is 2.35. The van der Waals surface area contributed by atoms with Crippen LogP contribution in [-0.4, -0.2) is 78.5 Å². The molecule has 0 radical (unpaired) electrons. The number of aliphatic carboxylic acids is 3. The van der Waals surface area contributed by atoms with Gasteiger partial charge in [0.05, 0.1) is 23.4 Å². The molecule has 1 amide bonds. The lowest BCUT2D eigenvalue weighted by Gasteiger charge is -2.17. The summed E-state index contributed by atoms with van der Waals surface area (Å²) in [6.45, 7) is 0. The minimum absolute atomic E-state index is 0.125. The number of H-pyrrole nitrogens is 2. The monoisotopic (exact) mass is 637 g/mol. The predicted octanol–water partition coefficient (Wildman–Crippen LogP) is 2.86. The molecule has 2 unspecified atom stereocenters.